The molecule has 0 saturated carbocycles. The number of aliphatic hydroxyl groups excluding tert-OH is 1. The zero-order valence-electron chi connectivity index (χ0n) is 8.36. The van der Waals surface area contributed by atoms with E-state index in [0.29, 0.717) is 11.3 Å². The van der Waals surface area contributed by atoms with E-state index in [4.69, 9.17) is 21.8 Å². The second-order valence-corrected chi connectivity index (χ2v) is 4.92. The highest BCUT2D eigenvalue weighted by Crippen LogP contribution is 2.32. The van der Waals surface area contributed by atoms with Gasteiger partial charge in [0.25, 0.3) is 0 Å². The number of aromatic nitrogens is 1. The minimum absolute atomic E-state index is 0.0660. The molecule has 1 aliphatic heterocycles. The minimum atomic E-state index is -1.05. The predicted octanol–water partition coefficient (Wildman–Crippen LogP) is 1.71. The zero-order valence-corrected chi connectivity index (χ0v) is 9.94. The molecule has 0 saturated heterocycles. The first-order valence-electron chi connectivity index (χ1n) is 4.77. The van der Waals surface area contributed by atoms with Gasteiger partial charge in [0.2, 0.25) is 0 Å². The van der Waals surface area contributed by atoms with Gasteiger partial charge in [-0.2, -0.15) is 11.8 Å². The quantitative estimate of drug-likeness (QED) is 0.846. The summed E-state index contributed by atoms with van der Waals surface area (Å²) in [5, 5.41) is 18.3. The Hall–Kier alpha value is -0.780. The van der Waals surface area contributed by atoms with Crippen LogP contribution in [0.5, 0.6) is 0 Å². The number of pyridine rings is 1. The maximum Gasteiger partial charge on any atom is 0.337 e. The van der Waals surface area contributed by atoms with Crippen LogP contribution in [0, 0.1) is 0 Å². The summed E-state index contributed by atoms with van der Waals surface area (Å²) >= 11 is 7.60. The first-order valence-corrected chi connectivity index (χ1v) is 6.30. The van der Waals surface area contributed by atoms with Gasteiger partial charge in [-0.25, -0.2) is 4.79 Å². The van der Waals surface area contributed by atoms with E-state index < -0.39 is 5.97 Å². The lowest BCUT2D eigenvalue weighted by molar-refractivity contribution is 0.0695. The SMILES string of the molecule is O=C(O)c1c(Cl)c(CO)nc2c1CSCC2. The summed E-state index contributed by atoms with van der Waals surface area (Å²) in [6, 6.07) is 0. The standard InChI is InChI=1S/C10H10ClNO3S/c11-9-7(3-13)12-6-1-2-16-4-5(6)8(9)10(14)15/h13H,1-4H2,(H,14,15). The summed E-state index contributed by atoms with van der Waals surface area (Å²) < 4.78 is 0. The highest BCUT2D eigenvalue weighted by Gasteiger charge is 2.24. The summed E-state index contributed by atoms with van der Waals surface area (Å²) in [5.74, 6) is 0.488. The molecule has 0 radical (unpaired) electrons. The van der Waals surface area contributed by atoms with Crippen LogP contribution in [0.2, 0.25) is 5.02 Å². The summed E-state index contributed by atoms with van der Waals surface area (Å²) in [5.41, 5.74) is 1.81. The van der Waals surface area contributed by atoms with Crippen molar-refractivity contribution in [2.75, 3.05) is 5.75 Å². The van der Waals surface area contributed by atoms with E-state index in [0.717, 1.165) is 17.9 Å². The molecule has 0 amide bonds. The minimum Gasteiger partial charge on any atom is -0.478 e. The molecule has 1 aliphatic rings. The van der Waals surface area contributed by atoms with Gasteiger partial charge in [-0.15, -0.1) is 0 Å². The van der Waals surface area contributed by atoms with Crippen LogP contribution in [0.3, 0.4) is 0 Å². The Morgan fingerprint density at radius 2 is 2.31 bits per heavy atom. The Kier molecular flexibility index (Phi) is 3.37. The van der Waals surface area contributed by atoms with Gasteiger partial charge in [0.1, 0.15) is 0 Å². The van der Waals surface area contributed by atoms with Crippen molar-refractivity contribution in [2.45, 2.75) is 18.8 Å². The van der Waals surface area contributed by atoms with E-state index in [2.05, 4.69) is 4.98 Å². The number of rotatable bonds is 2. The maximum absolute atomic E-state index is 11.2. The lowest BCUT2D eigenvalue weighted by atomic mass is 10.0. The fourth-order valence-electron chi connectivity index (χ4n) is 1.73. The fraction of sp³-hybridized carbons (Fsp3) is 0.400. The molecule has 0 bridgehead atoms. The fourth-order valence-corrected chi connectivity index (χ4v) is 3.03. The molecule has 6 heteroatoms. The molecule has 1 aromatic heterocycles. The van der Waals surface area contributed by atoms with Crippen molar-refractivity contribution in [1.82, 2.24) is 4.98 Å². The smallest absolute Gasteiger partial charge is 0.337 e. The average molecular weight is 260 g/mol. The van der Waals surface area contributed by atoms with Crippen LogP contribution in [0.1, 0.15) is 27.3 Å². The number of aliphatic hydroxyl groups is 1. The van der Waals surface area contributed by atoms with Gasteiger partial charge in [0, 0.05) is 11.4 Å². The number of hydrogen-bond acceptors (Lipinski definition) is 4. The number of nitrogens with zero attached hydrogens (tertiary/aromatic N) is 1. The number of halogens is 1. The van der Waals surface area contributed by atoms with Crippen molar-refractivity contribution in [3.63, 3.8) is 0 Å². The van der Waals surface area contributed by atoms with E-state index >= 15 is 0 Å². The van der Waals surface area contributed by atoms with Crippen molar-refractivity contribution in [3.05, 3.63) is 27.5 Å². The van der Waals surface area contributed by atoms with Crippen molar-refractivity contribution in [3.8, 4) is 0 Å². The summed E-state index contributed by atoms with van der Waals surface area (Å²) in [6.45, 7) is -0.334. The van der Waals surface area contributed by atoms with Gasteiger partial charge in [0.15, 0.2) is 0 Å². The van der Waals surface area contributed by atoms with Gasteiger partial charge in [-0.1, -0.05) is 11.6 Å². The average Bonchev–Trinajstić information content (AvgIpc) is 2.27. The molecule has 0 atom stereocenters. The number of carbonyl (C=O) groups is 1. The number of carboxylic acids is 1. The van der Waals surface area contributed by atoms with Gasteiger partial charge >= 0.3 is 5.97 Å². The Balaban J connectivity index is 2.67. The third-order valence-corrected chi connectivity index (χ3v) is 3.88. The van der Waals surface area contributed by atoms with Gasteiger partial charge in [-0.05, 0) is 17.7 Å². The molecular formula is C10H10ClNO3S. The van der Waals surface area contributed by atoms with E-state index in [9.17, 15) is 4.79 Å². The highest BCUT2D eigenvalue weighted by atomic mass is 35.5. The molecule has 2 rings (SSSR count). The van der Waals surface area contributed by atoms with Crippen LogP contribution in [-0.4, -0.2) is 26.9 Å². The first kappa shape index (κ1) is 11.7. The Bertz CT molecular complexity index is 450. The number of carboxylic acid groups (broad SMARTS) is 1. The lowest BCUT2D eigenvalue weighted by Crippen LogP contribution is -2.15. The van der Waals surface area contributed by atoms with Gasteiger partial charge < -0.3 is 10.2 Å². The van der Waals surface area contributed by atoms with E-state index in [-0.39, 0.29) is 22.9 Å². The third kappa shape index (κ3) is 1.90. The molecule has 2 N–H and O–H groups in total. The second kappa shape index (κ2) is 4.61. The van der Waals surface area contributed by atoms with Crippen molar-refractivity contribution < 1.29 is 15.0 Å². The Morgan fingerprint density at radius 3 is 2.94 bits per heavy atom. The summed E-state index contributed by atoms with van der Waals surface area (Å²) in [4.78, 5) is 15.4. The molecule has 1 aromatic rings. The van der Waals surface area contributed by atoms with Gasteiger partial charge in [0.05, 0.1) is 22.9 Å². The normalized spacial score (nSPS) is 14.6. The number of aryl methyl sites for hydroxylation is 1. The van der Waals surface area contributed by atoms with E-state index in [1.165, 1.54) is 0 Å². The Morgan fingerprint density at radius 1 is 1.56 bits per heavy atom. The zero-order chi connectivity index (χ0) is 11.7. The van der Waals surface area contributed by atoms with E-state index in [1.54, 1.807) is 11.8 Å². The molecule has 0 aliphatic carbocycles. The van der Waals surface area contributed by atoms with Crippen molar-refractivity contribution in [1.29, 1.82) is 0 Å². The topological polar surface area (TPSA) is 70.4 Å². The molecule has 0 spiro atoms. The summed E-state index contributed by atoms with van der Waals surface area (Å²) in [7, 11) is 0. The molecule has 4 nitrogen and oxygen atoms in total. The highest BCUT2D eigenvalue weighted by molar-refractivity contribution is 7.98. The van der Waals surface area contributed by atoms with Crippen molar-refractivity contribution >= 4 is 29.3 Å². The molecule has 86 valence electrons. The second-order valence-electron chi connectivity index (χ2n) is 3.44. The summed E-state index contributed by atoms with van der Waals surface area (Å²) in [6.07, 6.45) is 0.727. The number of aromatic carboxylic acids is 1. The maximum atomic E-state index is 11.2. The van der Waals surface area contributed by atoms with Gasteiger partial charge in [-0.3, -0.25) is 4.98 Å². The molecular weight excluding hydrogens is 250 g/mol. The van der Waals surface area contributed by atoms with Crippen molar-refractivity contribution in [2.24, 2.45) is 0 Å². The Labute approximate surface area is 102 Å². The monoisotopic (exact) mass is 259 g/mol. The predicted molar refractivity (Wildman–Crippen MR) is 62.0 cm³/mol. The van der Waals surface area contributed by atoms with Crippen LogP contribution in [0.25, 0.3) is 0 Å². The number of hydrogen-bond donors (Lipinski definition) is 2. The molecule has 0 fully saturated rings. The molecule has 0 unspecified atom stereocenters. The first-order chi connectivity index (χ1) is 7.65. The molecule has 2 heterocycles. The van der Waals surface area contributed by atoms with E-state index in [1.807, 2.05) is 0 Å². The van der Waals surface area contributed by atoms with Crippen LogP contribution in [0.15, 0.2) is 0 Å². The third-order valence-electron chi connectivity index (χ3n) is 2.49. The van der Waals surface area contributed by atoms with Crippen LogP contribution in [0.4, 0.5) is 0 Å². The number of thioether (sulfide) groups is 1. The van der Waals surface area contributed by atoms with Crippen LogP contribution < -0.4 is 0 Å². The molecule has 0 aromatic carbocycles. The number of fused-ring (bicyclic) bond motifs is 1. The molecule has 16 heavy (non-hydrogen) atoms. The largest absolute Gasteiger partial charge is 0.478 e. The van der Waals surface area contributed by atoms with Crippen LogP contribution in [-0.2, 0) is 18.8 Å². The van der Waals surface area contributed by atoms with Crippen LogP contribution >= 0.6 is 23.4 Å². The lowest BCUT2D eigenvalue weighted by Gasteiger charge is -2.19.